The first-order valence-corrected chi connectivity index (χ1v) is 25.5. The summed E-state index contributed by atoms with van der Waals surface area (Å²) in [4.78, 5) is 5.08. The molecule has 0 spiro atoms. The van der Waals surface area contributed by atoms with Gasteiger partial charge in [-0.3, -0.25) is 0 Å². The fraction of sp³-hybridized carbons (Fsp3) is 0.101. The van der Waals surface area contributed by atoms with E-state index in [4.69, 9.17) is 0 Å². The fourth-order valence-electron chi connectivity index (χ4n) is 12.0. The van der Waals surface area contributed by atoms with Crippen LogP contribution in [0.1, 0.15) is 51.3 Å². The lowest BCUT2D eigenvalue weighted by molar-refractivity contribution is 0.591. The highest BCUT2D eigenvalue weighted by Crippen LogP contribution is 2.49. The topological polar surface area (TPSA) is 6.48 Å². The van der Waals surface area contributed by atoms with E-state index in [1.807, 2.05) is 0 Å². The van der Waals surface area contributed by atoms with Crippen molar-refractivity contribution in [2.45, 2.75) is 45.4 Å². The Morgan fingerprint density at radius 2 is 0.750 bits per heavy atom. The van der Waals surface area contributed by atoms with E-state index in [1.165, 1.54) is 111 Å². The van der Waals surface area contributed by atoms with Crippen molar-refractivity contribution >= 4 is 78.8 Å². The monoisotopic (exact) mass is 922 g/mol. The van der Waals surface area contributed by atoms with Gasteiger partial charge in [-0.1, -0.05) is 223 Å². The van der Waals surface area contributed by atoms with Gasteiger partial charge in [0.25, 0.3) is 6.71 Å². The first kappa shape index (κ1) is 43.6. The van der Waals surface area contributed by atoms with Gasteiger partial charge in [-0.2, -0.15) is 0 Å². The van der Waals surface area contributed by atoms with Crippen molar-refractivity contribution in [3.05, 3.63) is 259 Å². The molecular weight excluding hydrogens is 868 g/mol. The van der Waals surface area contributed by atoms with Gasteiger partial charge in [0.1, 0.15) is 0 Å². The molecule has 3 heteroatoms. The van der Waals surface area contributed by atoms with Crippen molar-refractivity contribution in [2.75, 3.05) is 9.80 Å². The van der Waals surface area contributed by atoms with E-state index < -0.39 is 0 Å². The molecule has 0 N–H and O–H groups in total. The highest BCUT2D eigenvalue weighted by Gasteiger charge is 2.44. The lowest BCUT2D eigenvalue weighted by Crippen LogP contribution is -2.61. The smallest absolute Gasteiger partial charge is 0.252 e. The summed E-state index contributed by atoms with van der Waals surface area (Å²) in [5.41, 5.74) is 21.9. The van der Waals surface area contributed by atoms with Gasteiger partial charge in [-0.05, 0) is 148 Å². The van der Waals surface area contributed by atoms with Crippen molar-refractivity contribution in [3.63, 3.8) is 0 Å². The minimum Gasteiger partial charge on any atom is -0.311 e. The molecule has 0 radical (unpaired) electrons. The molecule has 0 unspecified atom stereocenters. The maximum Gasteiger partial charge on any atom is 0.252 e. The molecule has 0 bridgehead atoms. The fourth-order valence-corrected chi connectivity index (χ4v) is 12.0. The molecule has 344 valence electrons. The highest BCUT2D eigenvalue weighted by atomic mass is 15.2. The van der Waals surface area contributed by atoms with Crippen molar-refractivity contribution in [3.8, 4) is 33.4 Å². The van der Waals surface area contributed by atoms with E-state index in [1.54, 1.807) is 0 Å². The predicted octanol–water partition coefficient (Wildman–Crippen LogP) is 16.7. The lowest BCUT2D eigenvalue weighted by Gasteiger charge is -2.45. The molecule has 0 saturated heterocycles. The van der Waals surface area contributed by atoms with E-state index >= 15 is 0 Å². The Labute approximate surface area is 424 Å². The zero-order valence-corrected chi connectivity index (χ0v) is 41.6. The van der Waals surface area contributed by atoms with Gasteiger partial charge in [-0.25, -0.2) is 0 Å². The number of hydrogen-bond acceptors (Lipinski definition) is 2. The SMILES string of the molecule is CC(C)(C)c1cc(-c2cc3c4c(c2)N(c2ccccc2)c2cc(C(C)(C)c5ccccc5)ccc2B4c2ccccc2N3c2ccccc2)cc(-c2c3ccccc3c(-c3ccccc3)c3ccccc23)c1. The molecule has 72 heavy (non-hydrogen) atoms. The predicted molar refractivity (Wildman–Crippen MR) is 309 cm³/mol. The molecule has 0 saturated carbocycles. The normalized spacial score (nSPS) is 13.0. The van der Waals surface area contributed by atoms with Crippen LogP contribution in [0.2, 0.25) is 0 Å². The number of rotatable bonds is 7. The summed E-state index contributed by atoms with van der Waals surface area (Å²) in [7, 11) is 0. The van der Waals surface area contributed by atoms with Crippen LogP contribution in [0.4, 0.5) is 34.1 Å². The second-order valence-corrected chi connectivity index (χ2v) is 21.3. The summed E-state index contributed by atoms with van der Waals surface area (Å²) in [6, 6.07) is 90.8. The summed E-state index contributed by atoms with van der Waals surface area (Å²) in [5, 5.41) is 5.02. The van der Waals surface area contributed by atoms with Crippen molar-refractivity contribution < 1.29 is 0 Å². The molecule has 0 atom stereocenters. The largest absolute Gasteiger partial charge is 0.311 e. The summed E-state index contributed by atoms with van der Waals surface area (Å²) < 4.78 is 0. The highest BCUT2D eigenvalue weighted by molar-refractivity contribution is 7.00. The van der Waals surface area contributed by atoms with Crippen LogP contribution in [-0.4, -0.2) is 6.71 Å². The van der Waals surface area contributed by atoms with Gasteiger partial charge < -0.3 is 9.80 Å². The Hall–Kier alpha value is -8.40. The molecule has 2 aliphatic rings. The van der Waals surface area contributed by atoms with E-state index in [-0.39, 0.29) is 17.5 Å². The van der Waals surface area contributed by atoms with Crippen LogP contribution in [0, 0.1) is 0 Å². The Morgan fingerprint density at radius 3 is 1.32 bits per heavy atom. The Balaban J connectivity index is 1.12. The molecule has 0 aliphatic carbocycles. The third kappa shape index (κ3) is 7.01. The first-order chi connectivity index (χ1) is 35.1. The molecule has 2 aliphatic heterocycles. The van der Waals surface area contributed by atoms with E-state index in [2.05, 4.69) is 287 Å². The second kappa shape index (κ2) is 16.9. The molecular formula is C69H55BN2. The molecule has 11 aromatic rings. The van der Waals surface area contributed by atoms with Gasteiger partial charge in [0.15, 0.2) is 0 Å². The molecule has 0 amide bonds. The second-order valence-electron chi connectivity index (χ2n) is 21.3. The number of hydrogen-bond donors (Lipinski definition) is 0. The molecule has 0 aromatic heterocycles. The average molecular weight is 923 g/mol. The van der Waals surface area contributed by atoms with Gasteiger partial charge in [-0.15, -0.1) is 0 Å². The van der Waals surface area contributed by atoms with Crippen LogP contribution < -0.4 is 26.2 Å². The first-order valence-electron chi connectivity index (χ1n) is 25.5. The quantitative estimate of drug-likeness (QED) is 0.116. The average Bonchev–Trinajstić information content (AvgIpc) is 3.42. The van der Waals surface area contributed by atoms with Crippen LogP contribution >= 0.6 is 0 Å². The Morgan fingerprint density at radius 1 is 0.306 bits per heavy atom. The van der Waals surface area contributed by atoms with Gasteiger partial charge >= 0.3 is 0 Å². The zero-order valence-electron chi connectivity index (χ0n) is 41.6. The minimum atomic E-state index is -0.238. The zero-order chi connectivity index (χ0) is 48.7. The van der Waals surface area contributed by atoms with E-state index in [0.717, 1.165) is 11.4 Å². The number of benzene rings is 11. The van der Waals surface area contributed by atoms with Crippen molar-refractivity contribution in [1.82, 2.24) is 0 Å². The lowest BCUT2D eigenvalue weighted by atomic mass is 9.33. The maximum atomic E-state index is 2.56. The van der Waals surface area contributed by atoms with Gasteiger partial charge in [0.2, 0.25) is 0 Å². The van der Waals surface area contributed by atoms with Crippen LogP contribution in [0.5, 0.6) is 0 Å². The Bertz CT molecular complexity index is 3820. The molecule has 2 heterocycles. The standard InChI is InChI=1S/C69H55BN2/c1-68(2,3)52-41-47(40-49(42-52)66-57-34-20-18-32-55(57)65(46-24-10-6-11-25-46)56-33-19-21-35-58(56)66)48-43-63-67-64(44-48)72(54-30-16-9-17-31-54)62-45-51(69(4,5)50-26-12-7-13-27-50)38-39-60(62)70(67)59-36-22-23-37-61(59)71(63)53-28-14-8-15-29-53/h6-45H,1-5H3. The summed E-state index contributed by atoms with van der Waals surface area (Å²) in [5.74, 6) is 0. The molecule has 0 fully saturated rings. The molecule has 13 rings (SSSR count). The number of nitrogens with zero attached hydrogens (tertiary/aromatic N) is 2. The van der Waals surface area contributed by atoms with Gasteiger partial charge in [0, 0.05) is 39.5 Å². The van der Waals surface area contributed by atoms with Crippen LogP contribution in [0.3, 0.4) is 0 Å². The minimum absolute atomic E-state index is 0.00129. The van der Waals surface area contributed by atoms with Crippen LogP contribution in [0.25, 0.3) is 54.9 Å². The third-order valence-electron chi connectivity index (χ3n) is 15.6. The molecule has 2 nitrogen and oxygen atoms in total. The van der Waals surface area contributed by atoms with E-state index in [0.29, 0.717) is 0 Å². The summed E-state index contributed by atoms with van der Waals surface area (Å²) in [6.07, 6.45) is 0. The van der Waals surface area contributed by atoms with Crippen LogP contribution in [0.15, 0.2) is 243 Å². The van der Waals surface area contributed by atoms with Gasteiger partial charge in [0.05, 0.1) is 0 Å². The number of para-hydroxylation sites is 3. The number of fused-ring (bicyclic) bond motifs is 6. The van der Waals surface area contributed by atoms with Crippen molar-refractivity contribution in [1.29, 1.82) is 0 Å². The maximum absolute atomic E-state index is 2.56. The summed E-state index contributed by atoms with van der Waals surface area (Å²) >= 11 is 0. The van der Waals surface area contributed by atoms with Crippen molar-refractivity contribution in [2.24, 2.45) is 0 Å². The van der Waals surface area contributed by atoms with E-state index in [9.17, 15) is 0 Å². The number of anilines is 6. The third-order valence-corrected chi connectivity index (χ3v) is 15.6. The summed E-state index contributed by atoms with van der Waals surface area (Å²) in [6.45, 7) is 11.8. The molecule has 11 aromatic carbocycles. The van der Waals surface area contributed by atoms with Crippen LogP contribution in [-0.2, 0) is 10.8 Å². The Kier molecular flexibility index (Phi) is 10.2.